The Bertz CT molecular complexity index is 869. The van der Waals surface area contributed by atoms with E-state index in [1.165, 1.54) is 0 Å². The van der Waals surface area contributed by atoms with Crippen LogP contribution in [0.25, 0.3) is 0 Å². The van der Waals surface area contributed by atoms with Gasteiger partial charge in [0.2, 0.25) is 0 Å². The molecule has 0 unspecified atom stereocenters. The lowest BCUT2D eigenvalue weighted by atomic mass is 10.1. The van der Waals surface area contributed by atoms with Crippen LogP contribution in [0, 0.1) is 0 Å². The van der Waals surface area contributed by atoms with Gasteiger partial charge in [0.25, 0.3) is 5.91 Å². The standard InChI is InChI=1S/C25H37N5O2.HI/c1-26-25(27-15-14-20-8-6-9-22(18-20)24(31)30(4)5)28-19-21-10-12-23(13-11-21)32-17-7-16-29(2)3;/h6,8-13,18H,7,14-17,19H2,1-5H3,(H2,26,27,28);1H. The number of carbonyl (C=O) groups excluding carboxylic acids is 1. The van der Waals surface area contributed by atoms with Gasteiger partial charge in [0.1, 0.15) is 5.75 Å². The van der Waals surface area contributed by atoms with Crippen molar-refractivity contribution in [1.82, 2.24) is 20.4 Å². The molecule has 0 atom stereocenters. The van der Waals surface area contributed by atoms with Gasteiger partial charge < -0.3 is 25.2 Å². The first-order valence-electron chi connectivity index (χ1n) is 11.0. The lowest BCUT2D eigenvalue weighted by Crippen LogP contribution is -2.37. The highest BCUT2D eigenvalue weighted by Crippen LogP contribution is 2.12. The van der Waals surface area contributed by atoms with E-state index in [9.17, 15) is 4.79 Å². The van der Waals surface area contributed by atoms with Gasteiger partial charge in [-0.1, -0.05) is 24.3 Å². The van der Waals surface area contributed by atoms with Gasteiger partial charge in [0.15, 0.2) is 5.96 Å². The molecular formula is C25H38IN5O2. The first kappa shape index (κ1) is 28.7. The molecule has 182 valence electrons. The van der Waals surface area contributed by atoms with Crippen molar-refractivity contribution < 1.29 is 9.53 Å². The molecule has 0 aliphatic carbocycles. The van der Waals surface area contributed by atoms with Crippen LogP contribution in [0.2, 0.25) is 0 Å². The molecule has 0 aliphatic rings. The fourth-order valence-corrected chi connectivity index (χ4v) is 3.12. The Morgan fingerprint density at radius 3 is 2.36 bits per heavy atom. The molecule has 0 saturated carbocycles. The van der Waals surface area contributed by atoms with E-state index in [1.54, 1.807) is 26.0 Å². The van der Waals surface area contributed by atoms with Crippen LogP contribution in [-0.4, -0.2) is 76.6 Å². The fraction of sp³-hybridized carbons (Fsp3) is 0.440. The zero-order chi connectivity index (χ0) is 23.3. The summed E-state index contributed by atoms with van der Waals surface area (Å²) in [6.45, 7) is 3.14. The van der Waals surface area contributed by atoms with E-state index >= 15 is 0 Å². The molecule has 0 fully saturated rings. The minimum atomic E-state index is 0. The SMILES string of the molecule is CN=C(NCCc1cccc(C(=O)N(C)C)c1)NCc1ccc(OCCCN(C)C)cc1.I. The molecule has 2 aromatic carbocycles. The number of guanidine groups is 1. The number of nitrogens with one attached hydrogen (secondary N) is 2. The summed E-state index contributed by atoms with van der Waals surface area (Å²) in [6.07, 6.45) is 1.81. The quantitative estimate of drug-likeness (QED) is 0.189. The minimum absolute atomic E-state index is 0. The second-order valence-corrected chi connectivity index (χ2v) is 8.15. The van der Waals surface area contributed by atoms with Crippen molar-refractivity contribution in [2.75, 3.05) is 54.9 Å². The van der Waals surface area contributed by atoms with E-state index in [2.05, 4.69) is 46.8 Å². The van der Waals surface area contributed by atoms with Crippen molar-refractivity contribution in [1.29, 1.82) is 0 Å². The molecule has 0 heterocycles. The molecule has 2 aromatic rings. The van der Waals surface area contributed by atoms with Gasteiger partial charge >= 0.3 is 0 Å². The van der Waals surface area contributed by atoms with Crippen molar-refractivity contribution in [2.45, 2.75) is 19.4 Å². The molecule has 2 rings (SSSR count). The number of hydrogen-bond acceptors (Lipinski definition) is 4. The molecule has 0 spiro atoms. The number of ether oxygens (including phenoxy) is 1. The van der Waals surface area contributed by atoms with Crippen LogP contribution in [0.1, 0.15) is 27.9 Å². The number of amides is 1. The van der Waals surface area contributed by atoms with E-state index in [4.69, 9.17) is 4.74 Å². The van der Waals surface area contributed by atoms with Crippen LogP contribution in [0.15, 0.2) is 53.5 Å². The summed E-state index contributed by atoms with van der Waals surface area (Å²) in [5, 5.41) is 6.66. The van der Waals surface area contributed by atoms with Gasteiger partial charge in [-0.05, 0) is 62.3 Å². The van der Waals surface area contributed by atoms with E-state index in [0.717, 1.165) is 55.4 Å². The lowest BCUT2D eigenvalue weighted by molar-refractivity contribution is 0.0827. The van der Waals surface area contributed by atoms with Crippen molar-refractivity contribution in [3.8, 4) is 5.75 Å². The van der Waals surface area contributed by atoms with Gasteiger partial charge in [-0.15, -0.1) is 24.0 Å². The highest BCUT2D eigenvalue weighted by Gasteiger charge is 2.08. The van der Waals surface area contributed by atoms with E-state index in [1.807, 2.05) is 36.4 Å². The zero-order valence-corrected chi connectivity index (χ0v) is 22.8. The molecule has 0 aromatic heterocycles. The summed E-state index contributed by atoms with van der Waals surface area (Å²) >= 11 is 0. The number of carbonyl (C=O) groups is 1. The summed E-state index contributed by atoms with van der Waals surface area (Å²) < 4.78 is 5.78. The highest BCUT2D eigenvalue weighted by atomic mass is 127. The predicted octanol–water partition coefficient (Wildman–Crippen LogP) is 3.24. The normalized spacial score (nSPS) is 11.0. The van der Waals surface area contributed by atoms with Gasteiger partial charge in [-0.2, -0.15) is 0 Å². The summed E-state index contributed by atoms with van der Waals surface area (Å²) in [6, 6.07) is 15.9. The number of benzene rings is 2. The number of nitrogens with zero attached hydrogens (tertiary/aromatic N) is 3. The Labute approximate surface area is 215 Å². The number of hydrogen-bond donors (Lipinski definition) is 2. The van der Waals surface area contributed by atoms with Crippen molar-refractivity contribution in [3.63, 3.8) is 0 Å². The van der Waals surface area contributed by atoms with Crippen molar-refractivity contribution in [3.05, 3.63) is 65.2 Å². The Hall–Kier alpha value is -2.33. The van der Waals surface area contributed by atoms with Crippen LogP contribution in [0.3, 0.4) is 0 Å². The maximum Gasteiger partial charge on any atom is 0.253 e. The summed E-state index contributed by atoms with van der Waals surface area (Å²) in [5.41, 5.74) is 2.98. The molecule has 1 amide bonds. The first-order valence-corrected chi connectivity index (χ1v) is 11.0. The minimum Gasteiger partial charge on any atom is -0.494 e. The molecule has 33 heavy (non-hydrogen) atoms. The lowest BCUT2D eigenvalue weighted by Gasteiger charge is -2.14. The molecular weight excluding hydrogens is 529 g/mol. The zero-order valence-electron chi connectivity index (χ0n) is 20.4. The number of aliphatic imine (C=N–C) groups is 1. The second kappa shape index (κ2) is 15.5. The third-order valence-corrected chi connectivity index (χ3v) is 4.91. The fourth-order valence-electron chi connectivity index (χ4n) is 3.12. The third kappa shape index (κ3) is 10.9. The molecule has 0 bridgehead atoms. The van der Waals surface area contributed by atoms with Gasteiger partial charge in [0, 0.05) is 46.3 Å². The maximum atomic E-state index is 12.1. The van der Waals surface area contributed by atoms with E-state index < -0.39 is 0 Å². The Kier molecular flexibility index (Phi) is 13.5. The highest BCUT2D eigenvalue weighted by molar-refractivity contribution is 14.0. The summed E-state index contributed by atoms with van der Waals surface area (Å²) in [7, 11) is 9.42. The second-order valence-electron chi connectivity index (χ2n) is 8.15. The molecule has 2 N–H and O–H groups in total. The largest absolute Gasteiger partial charge is 0.494 e. The Balaban J connectivity index is 0.00000544. The van der Waals surface area contributed by atoms with Gasteiger partial charge in [0.05, 0.1) is 6.61 Å². The average molecular weight is 568 g/mol. The summed E-state index contributed by atoms with van der Waals surface area (Å²) in [4.78, 5) is 20.2. The van der Waals surface area contributed by atoms with Crippen LogP contribution in [-0.2, 0) is 13.0 Å². The molecule has 0 aliphatic heterocycles. The van der Waals surface area contributed by atoms with Crippen molar-refractivity contribution in [2.24, 2.45) is 4.99 Å². The smallest absolute Gasteiger partial charge is 0.253 e. The van der Waals surface area contributed by atoms with E-state index in [-0.39, 0.29) is 29.9 Å². The molecule has 0 radical (unpaired) electrons. The average Bonchev–Trinajstić information content (AvgIpc) is 2.79. The van der Waals surface area contributed by atoms with Gasteiger partial charge in [-0.3, -0.25) is 9.79 Å². The van der Waals surface area contributed by atoms with Crippen LogP contribution < -0.4 is 15.4 Å². The van der Waals surface area contributed by atoms with Crippen molar-refractivity contribution >= 4 is 35.8 Å². The maximum absolute atomic E-state index is 12.1. The number of halogens is 1. The van der Waals surface area contributed by atoms with Crippen LogP contribution >= 0.6 is 24.0 Å². The molecule has 7 nitrogen and oxygen atoms in total. The first-order chi connectivity index (χ1) is 15.4. The Morgan fingerprint density at radius 2 is 1.73 bits per heavy atom. The van der Waals surface area contributed by atoms with Crippen LogP contribution in [0.5, 0.6) is 5.75 Å². The topological polar surface area (TPSA) is 69.2 Å². The van der Waals surface area contributed by atoms with Crippen LogP contribution in [0.4, 0.5) is 0 Å². The van der Waals surface area contributed by atoms with E-state index in [0.29, 0.717) is 12.1 Å². The Morgan fingerprint density at radius 1 is 1.00 bits per heavy atom. The monoisotopic (exact) mass is 567 g/mol. The summed E-state index contributed by atoms with van der Waals surface area (Å²) in [5.74, 6) is 1.65. The van der Waals surface area contributed by atoms with Gasteiger partial charge in [-0.25, -0.2) is 0 Å². The predicted molar refractivity (Wildman–Crippen MR) is 147 cm³/mol. The molecule has 0 saturated heterocycles. The molecule has 8 heteroatoms. The number of rotatable bonds is 11. The third-order valence-electron chi connectivity index (χ3n) is 4.91.